The van der Waals surface area contributed by atoms with Crippen LogP contribution in [0.3, 0.4) is 0 Å². The van der Waals surface area contributed by atoms with Crippen LogP contribution in [-0.2, 0) is 32.6 Å². The summed E-state index contributed by atoms with van der Waals surface area (Å²) < 4.78 is 40.5. The number of carbonyl (C=O) groups excluding carboxylic acids is 2. The fourth-order valence-corrected chi connectivity index (χ4v) is 5.90. The van der Waals surface area contributed by atoms with E-state index in [1.807, 2.05) is 61.5 Å². The van der Waals surface area contributed by atoms with E-state index in [-0.39, 0.29) is 30.6 Å². The van der Waals surface area contributed by atoms with Crippen molar-refractivity contribution in [3.05, 3.63) is 101 Å². The Morgan fingerprint density at radius 3 is 2.25 bits per heavy atom. The predicted molar refractivity (Wildman–Crippen MR) is 155 cm³/mol. The monoisotopic (exact) mass is 565 g/mol. The van der Waals surface area contributed by atoms with Gasteiger partial charge < -0.3 is 10.2 Å². The summed E-state index contributed by atoms with van der Waals surface area (Å²) in [4.78, 5) is 29.3. The molecule has 0 bridgehead atoms. The number of amides is 2. The lowest BCUT2D eigenvalue weighted by Crippen LogP contribution is -2.54. The van der Waals surface area contributed by atoms with Gasteiger partial charge in [0, 0.05) is 19.0 Å². The van der Waals surface area contributed by atoms with Crippen LogP contribution in [-0.4, -0.2) is 50.0 Å². The Morgan fingerprint density at radius 2 is 1.62 bits per heavy atom. The largest absolute Gasteiger partial charge is 0.352 e. The van der Waals surface area contributed by atoms with Crippen molar-refractivity contribution >= 4 is 27.5 Å². The van der Waals surface area contributed by atoms with Gasteiger partial charge in [-0.3, -0.25) is 13.9 Å². The molecule has 0 heterocycles. The first-order valence-corrected chi connectivity index (χ1v) is 15.4. The van der Waals surface area contributed by atoms with Gasteiger partial charge in [0.25, 0.3) is 0 Å². The van der Waals surface area contributed by atoms with Gasteiger partial charge in [-0.2, -0.15) is 0 Å². The van der Waals surface area contributed by atoms with Crippen molar-refractivity contribution in [1.29, 1.82) is 0 Å². The standard InChI is InChI=1S/C31H36FN3O4S/c1-23-15-17-25(18-16-23)21-34(30(36)22-35(40(2,38)39)28-14-8-11-26(32)20-28)29(19-24-9-4-3-5-10-24)31(37)33-27-12-6-7-13-27/h3-5,8-11,14-18,20,27,29H,6-7,12-13,19,21-22H2,1-2H3,(H,33,37)/t29-/m1/s1. The van der Waals surface area contributed by atoms with Crippen LogP contribution < -0.4 is 9.62 Å². The smallest absolute Gasteiger partial charge is 0.244 e. The van der Waals surface area contributed by atoms with E-state index in [0.717, 1.165) is 59.0 Å². The molecule has 1 saturated carbocycles. The molecule has 3 aromatic carbocycles. The lowest BCUT2D eigenvalue weighted by atomic mass is 10.0. The Labute approximate surface area is 236 Å². The highest BCUT2D eigenvalue weighted by Crippen LogP contribution is 2.22. The van der Waals surface area contributed by atoms with Crippen molar-refractivity contribution in [3.8, 4) is 0 Å². The second-order valence-electron chi connectivity index (χ2n) is 10.5. The molecule has 0 aromatic heterocycles. The van der Waals surface area contributed by atoms with Gasteiger partial charge in [-0.05, 0) is 49.1 Å². The van der Waals surface area contributed by atoms with Crippen molar-refractivity contribution < 1.29 is 22.4 Å². The fourth-order valence-electron chi connectivity index (χ4n) is 5.06. The second-order valence-corrected chi connectivity index (χ2v) is 12.4. The molecule has 1 aliphatic rings. The van der Waals surface area contributed by atoms with Gasteiger partial charge in [-0.1, -0.05) is 79.1 Å². The molecule has 212 valence electrons. The summed E-state index contributed by atoms with van der Waals surface area (Å²) >= 11 is 0. The summed E-state index contributed by atoms with van der Waals surface area (Å²) in [5, 5.41) is 3.14. The van der Waals surface area contributed by atoms with E-state index in [9.17, 15) is 22.4 Å². The van der Waals surface area contributed by atoms with Gasteiger partial charge in [0.15, 0.2) is 0 Å². The minimum Gasteiger partial charge on any atom is -0.352 e. The Hall–Kier alpha value is -3.72. The molecule has 0 spiro atoms. The van der Waals surface area contributed by atoms with E-state index >= 15 is 0 Å². The third-order valence-electron chi connectivity index (χ3n) is 7.22. The van der Waals surface area contributed by atoms with Crippen molar-refractivity contribution in [2.75, 3.05) is 17.1 Å². The first-order valence-electron chi connectivity index (χ1n) is 13.5. The first-order chi connectivity index (χ1) is 19.1. The molecule has 9 heteroatoms. The summed E-state index contributed by atoms with van der Waals surface area (Å²) in [5.74, 6) is -1.45. The Balaban J connectivity index is 1.72. The lowest BCUT2D eigenvalue weighted by Gasteiger charge is -2.34. The van der Waals surface area contributed by atoms with Crippen molar-refractivity contribution in [2.24, 2.45) is 0 Å². The number of anilines is 1. The predicted octanol–water partition coefficient (Wildman–Crippen LogP) is 4.60. The Kier molecular flexibility index (Phi) is 9.58. The number of nitrogens with zero attached hydrogens (tertiary/aromatic N) is 2. The Bertz CT molecular complexity index is 1410. The normalized spacial score (nSPS) is 14.5. The molecule has 4 rings (SSSR count). The zero-order valence-electron chi connectivity index (χ0n) is 22.9. The Morgan fingerprint density at radius 1 is 0.950 bits per heavy atom. The van der Waals surface area contributed by atoms with Crippen LogP contribution in [0.5, 0.6) is 0 Å². The van der Waals surface area contributed by atoms with Gasteiger partial charge >= 0.3 is 0 Å². The fraction of sp³-hybridized carbons (Fsp3) is 0.355. The molecule has 0 aliphatic heterocycles. The highest BCUT2D eigenvalue weighted by molar-refractivity contribution is 7.92. The van der Waals surface area contributed by atoms with Crippen LogP contribution in [0.4, 0.5) is 10.1 Å². The number of hydrogen-bond donors (Lipinski definition) is 1. The number of nitrogens with one attached hydrogen (secondary N) is 1. The lowest BCUT2D eigenvalue weighted by molar-refractivity contribution is -0.140. The summed E-state index contributed by atoms with van der Waals surface area (Å²) in [6.07, 6.45) is 5.09. The van der Waals surface area contributed by atoms with E-state index in [0.29, 0.717) is 0 Å². The molecule has 1 atom stereocenters. The van der Waals surface area contributed by atoms with Crippen molar-refractivity contribution in [1.82, 2.24) is 10.2 Å². The van der Waals surface area contributed by atoms with Crippen LogP contribution >= 0.6 is 0 Å². The zero-order valence-corrected chi connectivity index (χ0v) is 23.7. The highest BCUT2D eigenvalue weighted by Gasteiger charge is 2.34. The molecule has 40 heavy (non-hydrogen) atoms. The summed E-state index contributed by atoms with van der Waals surface area (Å²) in [7, 11) is -3.95. The molecule has 1 N–H and O–H groups in total. The summed E-state index contributed by atoms with van der Waals surface area (Å²) in [6.45, 7) is 1.49. The number of benzene rings is 3. The van der Waals surface area contributed by atoms with Gasteiger partial charge in [-0.25, -0.2) is 12.8 Å². The molecule has 1 aliphatic carbocycles. The first kappa shape index (κ1) is 29.3. The van der Waals surface area contributed by atoms with Crippen molar-refractivity contribution in [2.45, 2.75) is 57.7 Å². The van der Waals surface area contributed by atoms with E-state index < -0.39 is 34.3 Å². The van der Waals surface area contributed by atoms with Gasteiger partial charge in [0.2, 0.25) is 21.8 Å². The third kappa shape index (κ3) is 7.91. The third-order valence-corrected chi connectivity index (χ3v) is 8.36. The maximum atomic E-state index is 14.0. The maximum Gasteiger partial charge on any atom is 0.244 e. The number of halogens is 1. The van der Waals surface area contributed by atoms with E-state index in [2.05, 4.69) is 5.32 Å². The SMILES string of the molecule is Cc1ccc(CN(C(=O)CN(c2cccc(F)c2)S(C)(=O)=O)[C@H](Cc2ccccc2)C(=O)NC2CCCC2)cc1. The van der Waals surface area contributed by atoms with Crippen LogP contribution in [0.25, 0.3) is 0 Å². The van der Waals surface area contributed by atoms with Gasteiger partial charge in [0.1, 0.15) is 18.4 Å². The van der Waals surface area contributed by atoms with Gasteiger partial charge in [-0.15, -0.1) is 0 Å². The molecule has 2 amide bonds. The number of rotatable bonds is 11. The molecular formula is C31H36FN3O4S. The van der Waals surface area contributed by atoms with Crippen LogP contribution in [0.2, 0.25) is 0 Å². The number of carbonyl (C=O) groups is 2. The van der Waals surface area contributed by atoms with Crippen LogP contribution in [0, 0.1) is 12.7 Å². The van der Waals surface area contributed by atoms with Crippen LogP contribution in [0.1, 0.15) is 42.4 Å². The minimum absolute atomic E-state index is 0.0427. The topological polar surface area (TPSA) is 86.8 Å². The van der Waals surface area contributed by atoms with E-state index in [4.69, 9.17) is 0 Å². The molecule has 7 nitrogen and oxygen atoms in total. The quantitative estimate of drug-likeness (QED) is 0.368. The van der Waals surface area contributed by atoms with E-state index in [1.54, 1.807) is 0 Å². The average molecular weight is 566 g/mol. The summed E-state index contributed by atoms with van der Waals surface area (Å²) in [6, 6.07) is 21.4. The average Bonchev–Trinajstić information content (AvgIpc) is 3.43. The molecular weight excluding hydrogens is 529 g/mol. The molecule has 1 fully saturated rings. The number of hydrogen-bond acceptors (Lipinski definition) is 4. The van der Waals surface area contributed by atoms with Gasteiger partial charge in [0.05, 0.1) is 11.9 Å². The molecule has 0 radical (unpaired) electrons. The highest BCUT2D eigenvalue weighted by atomic mass is 32.2. The van der Waals surface area contributed by atoms with E-state index in [1.165, 1.54) is 23.1 Å². The minimum atomic E-state index is -3.95. The van der Waals surface area contributed by atoms with Crippen molar-refractivity contribution in [3.63, 3.8) is 0 Å². The molecule has 0 unspecified atom stereocenters. The molecule has 3 aromatic rings. The maximum absolute atomic E-state index is 14.0. The number of aryl methyl sites for hydroxylation is 1. The number of sulfonamides is 1. The summed E-state index contributed by atoms with van der Waals surface area (Å²) in [5.41, 5.74) is 2.78. The second kappa shape index (κ2) is 13.1. The molecule has 0 saturated heterocycles. The zero-order chi connectivity index (χ0) is 28.7. The van der Waals surface area contributed by atoms with Crippen LogP contribution in [0.15, 0.2) is 78.9 Å².